The molecule has 4 nitrogen and oxygen atoms in total. The van der Waals surface area contributed by atoms with Gasteiger partial charge in [-0.3, -0.25) is 0 Å². The van der Waals surface area contributed by atoms with Crippen LogP contribution in [-0.4, -0.2) is 37.1 Å². The lowest BCUT2D eigenvalue weighted by Crippen LogP contribution is -2.32. The van der Waals surface area contributed by atoms with E-state index in [9.17, 15) is 13.9 Å². The van der Waals surface area contributed by atoms with Crippen LogP contribution in [0.3, 0.4) is 0 Å². The summed E-state index contributed by atoms with van der Waals surface area (Å²) in [5.41, 5.74) is 0.419. The van der Waals surface area contributed by atoms with E-state index in [2.05, 4.69) is 10.1 Å². The molecule has 1 aliphatic heterocycles. The molecular weight excluding hydrogens is 232 g/mol. The van der Waals surface area contributed by atoms with Crippen molar-refractivity contribution in [2.45, 2.75) is 18.8 Å². The molecule has 6 heteroatoms. The van der Waals surface area contributed by atoms with Gasteiger partial charge in [0.05, 0.1) is 31.0 Å². The molecule has 0 saturated carbocycles. The van der Waals surface area contributed by atoms with Crippen LogP contribution < -0.4 is 10.1 Å². The molecule has 2 N–H and O–H groups in total. The molecule has 17 heavy (non-hydrogen) atoms. The van der Waals surface area contributed by atoms with E-state index < -0.39 is 12.7 Å². The Balaban J connectivity index is 2.09. The number of halogens is 2. The Morgan fingerprint density at radius 3 is 2.76 bits per heavy atom. The van der Waals surface area contributed by atoms with E-state index in [0.29, 0.717) is 12.3 Å². The summed E-state index contributed by atoms with van der Waals surface area (Å²) in [6.45, 7) is -2.29. The molecule has 2 atom stereocenters. The highest BCUT2D eigenvalue weighted by Gasteiger charge is 2.26. The zero-order chi connectivity index (χ0) is 12.3. The third kappa shape index (κ3) is 3.04. The SMILES string of the molecule is OC1COCC1Nc1ccccc1OC(F)F. The fourth-order valence-corrected chi connectivity index (χ4v) is 1.67. The molecule has 0 aromatic heterocycles. The summed E-state index contributed by atoms with van der Waals surface area (Å²) in [6, 6.07) is 6.05. The molecule has 1 aromatic carbocycles. The van der Waals surface area contributed by atoms with Crippen molar-refractivity contribution in [1.82, 2.24) is 0 Å². The topological polar surface area (TPSA) is 50.7 Å². The Kier molecular flexibility index (Phi) is 3.75. The summed E-state index contributed by atoms with van der Waals surface area (Å²) in [6.07, 6.45) is -0.644. The smallest absolute Gasteiger partial charge is 0.387 e. The molecular formula is C11H13F2NO3. The van der Waals surface area contributed by atoms with E-state index in [0.717, 1.165) is 0 Å². The molecule has 0 amide bonds. The summed E-state index contributed by atoms with van der Waals surface area (Å²) < 4.78 is 33.8. The molecule has 0 aliphatic carbocycles. The first kappa shape index (κ1) is 12.1. The van der Waals surface area contributed by atoms with Crippen molar-refractivity contribution in [2.75, 3.05) is 18.5 Å². The van der Waals surface area contributed by atoms with Gasteiger partial charge in [0, 0.05) is 0 Å². The van der Waals surface area contributed by atoms with Gasteiger partial charge in [0.15, 0.2) is 0 Å². The fraction of sp³-hybridized carbons (Fsp3) is 0.455. The third-order valence-electron chi connectivity index (χ3n) is 2.49. The van der Waals surface area contributed by atoms with Crippen LogP contribution in [-0.2, 0) is 4.74 Å². The van der Waals surface area contributed by atoms with Crippen molar-refractivity contribution < 1.29 is 23.4 Å². The first-order chi connectivity index (χ1) is 8.16. The predicted octanol–water partition coefficient (Wildman–Crippen LogP) is 1.46. The fourth-order valence-electron chi connectivity index (χ4n) is 1.67. The molecule has 1 fully saturated rings. The highest BCUT2D eigenvalue weighted by Crippen LogP contribution is 2.27. The molecule has 0 bridgehead atoms. The number of alkyl halides is 2. The van der Waals surface area contributed by atoms with Gasteiger partial charge in [0.2, 0.25) is 0 Å². The van der Waals surface area contributed by atoms with Gasteiger partial charge in [-0.15, -0.1) is 0 Å². The lowest BCUT2D eigenvalue weighted by molar-refractivity contribution is -0.0494. The molecule has 2 rings (SSSR count). The van der Waals surface area contributed by atoms with E-state index >= 15 is 0 Å². The van der Waals surface area contributed by atoms with Crippen LogP contribution in [0.2, 0.25) is 0 Å². The van der Waals surface area contributed by atoms with Crippen LogP contribution in [0.15, 0.2) is 24.3 Å². The second-order valence-electron chi connectivity index (χ2n) is 3.73. The van der Waals surface area contributed by atoms with Crippen LogP contribution in [0.25, 0.3) is 0 Å². The maximum absolute atomic E-state index is 12.2. The van der Waals surface area contributed by atoms with Crippen LogP contribution in [0, 0.1) is 0 Å². The first-order valence-corrected chi connectivity index (χ1v) is 5.23. The molecule has 0 spiro atoms. The van der Waals surface area contributed by atoms with E-state index in [1.54, 1.807) is 18.2 Å². The highest BCUT2D eigenvalue weighted by atomic mass is 19.3. The maximum Gasteiger partial charge on any atom is 0.387 e. The molecule has 2 unspecified atom stereocenters. The number of aliphatic hydroxyl groups is 1. The van der Waals surface area contributed by atoms with Crippen LogP contribution in [0.5, 0.6) is 5.75 Å². The average molecular weight is 245 g/mol. The minimum Gasteiger partial charge on any atom is -0.433 e. The van der Waals surface area contributed by atoms with Gasteiger partial charge in [0.25, 0.3) is 0 Å². The van der Waals surface area contributed by atoms with E-state index in [4.69, 9.17) is 4.74 Å². The van der Waals surface area contributed by atoms with Crippen molar-refractivity contribution in [3.8, 4) is 5.75 Å². The lowest BCUT2D eigenvalue weighted by Gasteiger charge is -2.18. The van der Waals surface area contributed by atoms with Crippen molar-refractivity contribution >= 4 is 5.69 Å². The average Bonchev–Trinajstić information content (AvgIpc) is 2.67. The quantitative estimate of drug-likeness (QED) is 0.843. The minimum atomic E-state index is -2.87. The number of anilines is 1. The van der Waals surface area contributed by atoms with Gasteiger partial charge in [-0.2, -0.15) is 8.78 Å². The number of ether oxygens (including phenoxy) is 2. The normalized spacial score (nSPS) is 24.0. The molecule has 94 valence electrons. The summed E-state index contributed by atoms with van der Waals surface area (Å²) >= 11 is 0. The molecule has 1 aromatic rings. The number of rotatable bonds is 4. The Bertz CT molecular complexity index is 375. The minimum absolute atomic E-state index is 0.0570. The first-order valence-electron chi connectivity index (χ1n) is 5.23. The van der Waals surface area contributed by atoms with Crippen LogP contribution >= 0.6 is 0 Å². The Morgan fingerprint density at radius 2 is 2.12 bits per heavy atom. The number of aliphatic hydroxyl groups excluding tert-OH is 1. The number of benzene rings is 1. The largest absolute Gasteiger partial charge is 0.433 e. The molecule has 1 heterocycles. The zero-order valence-corrected chi connectivity index (χ0v) is 8.98. The van der Waals surface area contributed by atoms with Crippen molar-refractivity contribution in [3.63, 3.8) is 0 Å². The molecule has 1 saturated heterocycles. The number of para-hydroxylation sites is 2. The molecule has 0 radical (unpaired) electrons. The van der Waals surface area contributed by atoms with Gasteiger partial charge in [-0.05, 0) is 12.1 Å². The van der Waals surface area contributed by atoms with Gasteiger partial charge >= 0.3 is 6.61 Å². The van der Waals surface area contributed by atoms with Gasteiger partial charge in [0.1, 0.15) is 5.75 Å². The van der Waals surface area contributed by atoms with Crippen molar-refractivity contribution in [2.24, 2.45) is 0 Å². The van der Waals surface area contributed by atoms with E-state index in [-0.39, 0.29) is 18.4 Å². The second-order valence-corrected chi connectivity index (χ2v) is 3.73. The third-order valence-corrected chi connectivity index (χ3v) is 2.49. The summed E-state index contributed by atoms with van der Waals surface area (Å²) in [5, 5.41) is 12.5. The lowest BCUT2D eigenvalue weighted by atomic mass is 10.2. The summed E-state index contributed by atoms with van der Waals surface area (Å²) in [7, 11) is 0. The predicted molar refractivity (Wildman–Crippen MR) is 57.3 cm³/mol. The van der Waals surface area contributed by atoms with Crippen LogP contribution in [0.1, 0.15) is 0 Å². The number of hydrogen-bond acceptors (Lipinski definition) is 4. The standard InChI is InChI=1S/C11H13F2NO3/c12-11(13)17-10-4-2-1-3-7(10)14-8-5-16-6-9(8)15/h1-4,8-9,11,14-15H,5-6H2. The Labute approximate surface area is 97.2 Å². The van der Waals surface area contributed by atoms with Crippen molar-refractivity contribution in [1.29, 1.82) is 0 Å². The zero-order valence-electron chi connectivity index (χ0n) is 8.98. The van der Waals surface area contributed by atoms with E-state index in [1.165, 1.54) is 6.07 Å². The summed E-state index contributed by atoms with van der Waals surface area (Å²) in [5.74, 6) is 0.0570. The Hall–Kier alpha value is -1.40. The van der Waals surface area contributed by atoms with Crippen molar-refractivity contribution in [3.05, 3.63) is 24.3 Å². The van der Waals surface area contributed by atoms with Crippen LogP contribution in [0.4, 0.5) is 14.5 Å². The maximum atomic E-state index is 12.2. The van der Waals surface area contributed by atoms with Gasteiger partial charge in [-0.25, -0.2) is 0 Å². The van der Waals surface area contributed by atoms with Gasteiger partial charge in [-0.1, -0.05) is 12.1 Å². The summed E-state index contributed by atoms with van der Waals surface area (Å²) in [4.78, 5) is 0. The monoisotopic (exact) mass is 245 g/mol. The van der Waals surface area contributed by atoms with E-state index in [1.807, 2.05) is 0 Å². The van der Waals surface area contributed by atoms with Gasteiger partial charge < -0.3 is 19.9 Å². The Morgan fingerprint density at radius 1 is 1.35 bits per heavy atom. The number of nitrogens with one attached hydrogen (secondary N) is 1. The number of hydrogen-bond donors (Lipinski definition) is 2. The second kappa shape index (κ2) is 5.29. The molecule has 1 aliphatic rings. The highest BCUT2D eigenvalue weighted by molar-refractivity contribution is 5.57.